The molecule has 0 aliphatic rings. The zero-order chi connectivity index (χ0) is 30.1. The molecule has 0 aliphatic heterocycles. The summed E-state index contributed by atoms with van der Waals surface area (Å²) in [5.41, 5.74) is 7.50. The molecule has 0 spiro atoms. The van der Waals surface area contributed by atoms with E-state index in [0.717, 1.165) is 61.3 Å². The molecule has 0 fully saturated rings. The Morgan fingerprint density at radius 2 is 1.58 bits per heavy atom. The molecule has 4 aromatic heterocycles. The van der Waals surface area contributed by atoms with E-state index in [4.69, 9.17) is 9.40 Å². The minimum atomic E-state index is -1.97. The van der Waals surface area contributed by atoms with E-state index in [1.807, 2.05) is 79.0 Å². The van der Waals surface area contributed by atoms with Gasteiger partial charge in [-0.1, -0.05) is 12.1 Å². The Bertz CT molecular complexity index is 2170. The van der Waals surface area contributed by atoms with E-state index < -0.39 is 13.3 Å². The molecule has 7 heteroatoms. The number of furan rings is 1. The number of hydrogen-bond donors (Lipinski definition) is 0. The Morgan fingerprint density at radius 1 is 0.756 bits per heavy atom. The summed E-state index contributed by atoms with van der Waals surface area (Å²) in [6.07, 6.45) is 5.43. The molecule has 45 heavy (non-hydrogen) atoms. The second kappa shape index (κ2) is 12.9. The van der Waals surface area contributed by atoms with Crippen molar-refractivity contribution in [1.29, 1.82) is 0 Å². The number of hydrogen-bond acceptors (Lipinski definition) is 4. The molecule has 0 saturated heterocycles. The maximum Gasteiger partial charge on any atom is 0.0160 e. The van der Waals surface area contributed by atoms with Crippen LogP contribution in [0.4, 0.5) is 0 Å². The van der Waals surface area contributed by atoms with E-state index >= 15 is 0 Å². The molecule has 1 radical (unpaired) electrons. The fourth-order valence-electron chi connectivity index (χ4n) is 5.38. The van der Waals surface area contributed by atoms with Crippen molar-refractivity contribution in [3.8, 4) is 28.3 Å². The molecule has 8 aromatic rings. The van der Waals surface area contributed by atoms with Gasteiger partial charge in [-0.2, -0.15) is 0 Å². The smallest absolute Gasteiger partial charge is 0.0160 e. The first-order chi connectivity index (χ1) is 21.5. The molecular formula is C38H30GeIrN4O-2. The van der Waals surface area contributed by atoms with E-state index in [1.165, 1.54) is 4.40 Å². The summed E-state index contributed by atoms with van der Waals surface area (Å²) in [4.78, 5) is 13.5. The van der Waals surface area contributed by atoms with Crippen LogP contribution in [-0.2, 0) is 20.1 Å². The second-order valence-corrected chi connectivity index (χ2v) is 22.3. The second-order valence-electron chi connectivity index (χ2n) is 11.6. The molecule has 0 N–H and O–H groups in total. The molecule has 5 nitrogen and oxygen atoms in total. The maximum absolute atomic E-state index is 6.49. The number of rotatable bonds is 4. The molecule has 0 unspecified atom stereocenters. The predicted octanol–water partition coefficient (Wildman–Crippen LogP) is 8.88. The van der Waals surface area contributed by atoms with Gasteiger partial charge in [0, 0.05) is 26.3 Å². The van der Waals surface area contributed by atoms with Gasteiger partial charge in [-0.15, -0.1) is 35.9 Å². The van der Waals surface area contributed by atoms with Crippen molar-refractivity contribution in [3.05, 3.63) is 140 Å². The summed E-state index contributed by atoms with van der Waals surface area (Å²) in [7, 11) is 0. The minimum absolute atomic E-state index is 0. The van der Waals surface area contributed by atoms with Crippen molar-refractivity contribution in [1.82, 2.24) is 19.5 Å². The number of para-hydroxylation sites is 1. The molecule has 4 aromatic carbocycles. The first kappa shape index (κ1) is 30.7. The molecule has 8 rings (SSSR count). The number of fused-ring (bicyclic) bond motifs is 4. The van der Waals surface area contributed by atoms with E-state index in [9.17, 15) is 0 Å². The Labute approximate surface area is 278 Å². The van der Waals surface area contributed by atoms with Crippen LogP contribution >= 0.6 is 0 Å². The van der Waals surface area contributed by atoms with Crippen LogP contribution in [0.1, 0.15) is 0 Å². The van der Waals surface area contributed by atoms with Crippen LogP contribution in [0, 0.1) is 12.1 Å². The third kappa shape index (κ3) is 6.14. The van der Waals surface area contributed by atoms with Crippen LogP contribution in [0.2, 0.25) is 17.3 Å². The van der Waals surface area contributed by atoms with E-state index in [0.29, 0.717) is 0 Å². The molecule has 0 aliphatic carbocycles. The molecule has 0 amide bonds. The fourth-order valence-corrected chi connectivity index (χ4v) is 7.79. The Balaban J connectivity index is 0.000000231. The standard InChI is InChI=1S/C27H22GeN3O.C11H8N.Ir/c1-28(2,3)18-12-13-20-21-10-7-11-22(26(21)32-25(20)16-18)27-30-23-14-15-29-17-24(23)31(27)19-8-5-4-6-9-19;1-2-6-10(7-3-1)11-8-4-5-9-12-11;/h4-10,12-17H,1-3H3;1-6,8-9H;/q2*-1;. The van der Waals surface area contributed by atoms with Gasteiger partial charge in [0.2, 0.25) is 0 Å². The number of benzene rings is 4. The quantitative estimate of drug-likeness (QED) is 0.132. The van der Waals surface area contributed by atoms with Gasteiger partial charge in [0.05, 0.1) is 0 Å². The van der Waals surface area contributed by atoms with Gasteiger partial charge in [0.1, 0.15) is 0 Å². The van der Waals surface area contributed by atoms with Gasteiger partial charge in [0.15, 0.2) is 0 Å². The van der Waals surface area contributed by atoms with Crippen molar-refractivity contribution >= 4 is 50.6 Å². The average molecular weight is 824 g/mol. The van der Waals surface area contributed by atoms with Crippen molar-refractivity contribution < 1.29 is 24.5 Å². The number of imidazole rings is 1. The van der Waals surface area contributed by atoms with Crippen LogP contribution in [-0.4, -0.2) is 32.8 Å². The molecule has 0 atom stereocenters. The average Bonchev–Trinajstić information content (AvgIpc) is 3.64. The van der Waals surface area contributed by atoms with E-state index in [-0.39, 0.29) is 20.1 Å². The molecule has 4 heterocycles. The normalized spacial score (nSPS) is 11.3. The zero-order valence-electron chi connectivity index (χ0n) is 25.2. The summed E-state index contributed by atoms with van der Waals surface area (Å²) >= 11 is -1.97. The van der Waals surface area contributed by atoms with Crippen LogP contribution < -0.4 is 4.40 Å². The monoisotopic (exact) mass is 825 g/mol. The Kier molecular flexibility index (Phi) is 8.81. The van der Waals surface area contributed by atoms with Crippen LogP contribution in [0.25, 0.3) is 61.3 Å². The van der Waals surface area contributed by atoms with Crippen LogP contribution in [0.5, 0.6) is 0 Å². The largest absolute Gasteiger partial charge is 0.305 e. The summed E-state index contributed by atoms with van der Waals surface area (Å²) < 4.78 is 10.1. The van der Waals surface area contributed by atoms with Crippen LogP contribution in [0.3, 0.4) is 0 Å². The molecule has 223 valence electrons. The summed E-state index contributed by atoms with van der Waals surface area (Å²) in [5.74, 6) is 8.01. The van der Waals surface area contributed by atoms with Crippen molar-refractivity contribution in [2.75, 3.05) is 0 Å². The Hall–Kier alpha value is -4.36. The first-order valence-electron chi connectivity index (χ1n) is 14.6. The summed E-state index contributed by atoms with van der Waals surface area (Å²) in [6.45, 7) is 0. The number of nitrogens with zero attached hydrogens (tertiary/aromatic N) is 4. The van der Waals surface area contributed by atoms with Crippen LogP contribution in [0.15, 0.2) is 132 Å². The number of pyridine rings is 2. The van der Waals surface area contributed by atoms with Gasteiger partial charge in [-0.05, 0) is 11.8 Å². The molecule has 0 saturated carbocycles. The van der Waals surface area contributed by atoms with Crippen molar-refractivity contribution in [2.45, 2.75) is 17.3 Å². The SMILES string of the molecule is [CH3][Ge]([CH3])([CH3])[c]1ccc2c(c1)oc1c(-c3nc4ccncc4n3-c3ccccc3)[c-]ccc12.[Ir].[c-]1ccccc1-c1ccccn1. The van der Waals surface area contributed by atoms with Gasteiger partial charge in [0.25, 0.3) is 0 Å². The van der Waals surface area contributed by atoms with Crippen molar-refractivity contribution in [2.24, 2.45) is 0 Å². The third-order valence-corrected chi connectivity index (χ3v) is 11.9. The summed E-state index contributed by atoms with van der Waals surface area (Å²) in [6, 6.07) is 43.2. The fraction of sp³-hybridized carbons (Fsp3) is 0.0789. The van der Waals surface area contributed by atoms with E-state index in [2.05, 4.69) is 80.3 Å². The molecular weight excluding hydrogens is 793 g/mol. The first-order valence-corrected chi connectivity index (χ1v) is 22.0. The van der Waals surface area contributed by atoms with E-state index in [1.54, 1.807) is 12.4 Å². The van der Waals surface area contributed by atoms with Gasteiger partial charge in [-0.25, -0.2) is 0 Å². The third-order valence-electron chi connectivity index (χ3n) is 7.64. The topological polar surface area (TPSA) is 56.7 Å². The van der Waals surface area contributed by atoms with Gasteiger partial charge >= 0.3 is 189 Å². The van der Waals surface area contributed by atoms with Gasteiger partial charge in [-0.3, -0.25) is 0 Å². The van der Waals surface area contributed by atoms with Gasteiger partial charge < -0.3 is 4.98 Å². The van der Waals surface area contributed by atoms with Crippen molar-refractivity contribution in [3.63, 3.8) is 0 Å². The number of aromatic nitrogens is 4. The molecule has 0 bridgehead atoms. The minimum Gasteiger partial charge on any atom is -0.305 e. The zero-order valence-corrected chi connectivity index (χ0v) is 29.6. The predicted molar refractivity (Wildman–Crippen MR) is 182 cm³/mol. The maximum atomic E-state index is 6.49. The Morgan fingerprint density at radius 3 is 2.33 bits per heavy atom. The summed E-state index contributed by atoms with van der Waals surface area (Å²) in [5, 5.41) is 2.22.